The Bertz CT molecular complexity index is 693. The van der Waals surface area contributed by atoms with Crippen LogP contribution in [0.15, 0.2) is 59.4 Å². The number of hydrogen-bond acceptors (Lipinski definition) is 3. The molecule has 3 rings (SSSR count). The van der Waals surface area contributed by atoms with Crippen LogP contribution in [0.2, 0.25) is 0 Å². The Morgan fingerprint density at radius 1 is 1.11 bits per heavy atom. The number of benzene rings is 2. The van der Waals surface area contributed by atoms with Crippen LogP contribution in [0.4, 0.5) is 0 Å². The van der Waals surface area contributed by atoms with Gasteiger partial charge in [0.2, 0.25) is 0 Å². The van der Waals surface area contributed by atoms with Crippen LogP contribution < -0.4 is 0 Å². The third-order valence-electron chi connectivity index (χ3n) is 2.86. The summed E-state index contributed by atoms with van der Waals surface area (Å²) in [5.74, 6) is 0. The molecule has 0 amide bonds. The molecular formula is C16H13NS2. The fourth-order valence-corrected chi connectivity index (χ4v) is 3.84. The lowest BCUT2D eigenvalue weighted by Gasteiger charge is -2.03. The number of para-hydroxylation sites is 1. The number of nitrogens with zero attached hydrogens (tertiary/aromatic N) is 1. The Kier molecular flexibility index (Phi) is 3.40. The first-order chi connectivity index (χ1) is 9.22. The van der Waals surface area contributed by atoms with E-state index in [1.165, 1.54) is 10.3 Å². The number of fused-ring (bicyclic) bond motifs is 1. The molecule has 0 aliphatic rings. The molecule has 19 heavy (non-hydrogen) atoms. The molecule has 0 radical (unpaired) electrons. The SMILES string of the molecule is C=C(Sc1nc2ccccc2s1)c1ccc(C)cc1. The predicted octanol–water partition coefficient (Wildman–Crippen LogP) is 5.37. The van der Waals surface area contributed by atoms with Crippen molar-refractivity contribution >= 4 is 38.2 Å². The maximum Gasteiger partial charge on any atom is 0.155 e. The predicted molar refractivity (Wildman–Crippen MR) is 85.7 cm³/mol. The van der Waals surface area contributed by atoms with Gasteiger partial charge in [0.1, 0.15) is 0 Å². The van der Waals surface area contributed by atoms with Crippen LogP contribution in [0.3, 0.4) is 0 Å². The summed E-state index contributed by atoms with van der Waals surface area (Å²) in [7, 11) is 0. The zero-order valence-electron chi connectivity index (χ0n) is 10.6. The number of aryl methyl sites for hydroxylation is 1. The van der Waals surface area contributed by atoms with Gasteiger partial charge in [0, 0.05) is 4.91 Å². The zero-order chi connectivity index (χ0) is 13.2. The summed E-state index contributed by atoms with van der Waals surface area (Å²) in [6.07, 6.45) is 0. The van der Waals surface area contributed by atoms with Crippen molar-refractivity contribution in [2.24, 2.45) is 0 Å². The Labute approximate surface area is 121 Å². The van der Waals surface area contributed by atoms with Gasteiger partial charge in [-0.25, -0.2) is 4.98 Å². The fraction of sp³-hybridized carbons (Fsp3) is 0.0625. The molecule has 0 N–H and O–H groups in total. The van der Waals surface area contributed by atoms with E-state index in [4.69, 9.17) is 0 Å². The van der Waals surface area contributed by atoms with Crippen molar-refractivity contribution in [3.05, 3.63) is 66.2 Å². The molecule has 0 unspecified atom stereocenters. The third-order valence-corrected chi connectivity index (χ3v) is 4.94. The summed E-state index contributed by atoms with van der Waals surface area (Å²) in [5, 5.41) is 0. The highest BCUT2D eigenvalue weighted by Gasteiger charge is 2.07. The van der Waals surface area contributed by atoms with Gasteiger partial charge >= 0.3 is 0 Å². The first-order valence-electron chi connectivity index (χ1n) is 6.02. The van der Waals surface area contributed by atoms with Crippen LogP contribution in [0, 0.1) is 6.92 Å². The second-order valence-electron chi connectivity index (χ2n) is 4.34. The maximum absolute atomic E-state index is 4.62. The van der Waals surface area contributed by atoms with Gasteiger partial charge in [-0.2, -0.15) is 0 Å². The van der Waals surface area contributed by atoms with Gasteiger partial charge in [-0.3, -0.25) is 0 Å². The highest BCUT2D eigenvalue weighted by atomic mass is 32.2. The average molecular weight is 283 g/mol. The average Bonchev–Trinajstić information content (AvgIpc) is 2.81. The zero-order valence-corrected chi connectivity index (χ0v) is 12.2. The van der Waals surface area contributed by atoms with Gasteiger partial charge in [0.25, 0.3) is 0 Å². The standard InChI is InChI=1S/C16H13NS2/c1-11-7-9-13(10-8-11)12(2)18-16-17-14-5-3-4-6-15(14)19-16/h3-10H,2H2,1H3. The lowest BCUT2D eigenvalue weighted by molar-refractivity contribution is 1.31. The summed E-state index contributed by atoms with van der Waals surface area (Å²) < 4.78 is 2.27. The number of hydrogen-bond donors (Lipinski definition) is 0. The van der Waals surface area contributed by atoms with Gasteiger partial charge in [-0.15, -0.1) is 11.3 Å². The van der Waals surface area contributed by atoms with E-state index in [0.717, 1.165) is 20.3 Å². The van der Waals surface area contributed by atoms with Crippen molar-refractivity contribution in [2.45, 2.75) is 11.3 Å². The van der Waals surface area contributed by atoms with Gasteiger partial charge in [-0.05, 0) is 24.6 Å². The normalized spacial score (nSPS) is 10.8. The van der Waals surface area contributed by atoms with E-state index in [2.05, 4.69) is 48.8 Å². The van der Waals surface area contributed by atoms with Gasteiger partial charge in [-0.1, -0.05) is 60.3 Å². The Morgan fingerprint density at radius 2 is 1.84 bits per heavy atom. The summed E-state index contributed by atoms with van der Waals surface area (Å²) >= 11 is 3.36. The number of thioether (sulfide) groups is 1. The van der Waals surface area contributed by atoms with Crippen molar-refractivity contribution in [1.29, 1.82) is 0 Å². The smallest absolute Gasteiger partial charge is 0.155 e. The fourth-order valence-electron chi connectivity index (χ4n) is 1.80. The molecule has 94 valence electrons. The molecule has 1 nitrogen and oxygen atoms in total. The molecule has 0 saturated carbocycles. The maximum atomic E-state index is 4.62. The highest BCUT2D eigenvalue weighted by Crippen LogP contribution is 2.37. The molecule has 3 heteroatoms. The van der Waals surface area contributed by atoms with Crippen LogP contribution in [-0.2, 0) is 0 Å². The Morgan fingerprint density at radius 3 is 2.58 bits per heavy atom. The molecule has 0 aliphatic carbocycles. The van der Waals surface area contributed by atoms with E-state index >= 15 is 0 Å². The minimum Gasteiger partial charge on any atom is -0.229 e. The van der Waals surface area contributed by atoms with E-state index in [-0.39, 0.29) is 0 Å². The second kappa shape index (κ2) is 5.19. The lowest BCUT2D eigenvalue weighted by atomic mass is 10.1. The molecule has 3 aromatic rings. The van der Waals surface area contributed by atoms with E-state index in [0.29, 0.717) is 0 Å². The summed E-state index contributed by atoms with van der Waals surface area (Å²) in [6, 6.07) is 16.7. The molecule has 1 heterocycles. The van der Waals surface area contributed by atoms with Crippen LogP contribution in [-0.4, -0.2) is 4.98 Å². The van der Waals surface area contributed by atoms with Crippen LogP contribution >= 0.6 is 23.1 Å². The lowest BCUT2D eigenvalue weighted by Crippen LogP contribution is -1.79. The van der Waals surface area contributed by atoms with Crippen molar-refractivity contribution in [3.63, 3.8) is 0 Å². The minimum atomic E-state index is 1.04. The van der Waals surface area contributed by atoms with Crippen LogP contribution in [0.25, 0.3) is 15.1 Å². The molecule has 0 bridgehead atoms. The topological polar surface area (TPSA) is 12.9 Å². The molecule has 0 fully saturated rings. The molecule has 0 saturated heterocycles. The van der Waals surface area contributed by atoms with Crippen LogP contribution in [0.1, 0.15) is 11.1 Å². The van der Waals surface area contributed by atoms with Gasteiger partial charge in [0.05, 0.1) is 10.2 Å². The van der Waals surface area contributed by atoms with Gasteiger partial charge in [0.15, 0.2) is 4.34 Å². The second-order valence-corrected chi connectivity index (χ2v) is 6.71. The Hall–Kier alpha value is -1.58. The third kappa shape index (κ3) is 2.72. The van der Waals surface area contributed by atoms with Gasteiger partial charge < -0.3 is 0 Å². The minimum absolute atomic E-state index is 1.04. The van der Waals surface area contributed by atoms with Crippen molar-refractivity contribution in [1.82, 2.24) is 4.98 Å². The van der Waals surface area contributed by atoms with E-state index < -0.39 is 0 Å². The van der Waals surface area contributed by atoms with Crippen molar-refractivity contribution in [3.8, 4) is 0 Å². The molecule has 2 aromatic carbocycles. The summed E-state index contributed by atoms with van der Waals surface area (Å²) in [5.41, 5.74) is 3.49. The quantitative estimate of drug-likeness (QED) is 0.599. The van der Waals surface area contributed by atoms with E-state index in [1.54, 1.807) is 23.1 Å². The first kappa shape index (κ1) is 12.5. The Balaban J connectivity index is 1.84. The molecule has 0 aliphatic heterocycles. The van der Waals surface area contributed by atoms with Crippen LogP contribution in [0.5, 0.6) is 0 Å². The summed E-state index contributed by atoms with van der Waals surface area (Å²) in [6.45, 7) is 6.24. The monoisotopic (exact) mass is 283 g/mol. The number of aromatic nitrogens is 1. The largest absolute Gasteiger partial charge is 0.229 e. The number of thiazole rings is 1. The van der Waals surface area contributed by atoms with E-state index in [1.807, 2.05) is 18.2 Å². The van der Waals surface area contributed by atoms with Crippen molar-refractivity contribution < 1.29 is 0 Å². The highest BCUT2D eigenvalue weighted by molar-refractivity contribution is 8.09. The molecule has 0 spiro atoms. The first-order valence-corrected chi connectivity index (χ1v) is 7.65. The number of rotatable bonds is 3. The molecule has 1 aromatic heterocycles. The summed E-state index contributed by atoms with van der Waals surface area (Å²) in [4.78, 5) is 5.66. The van der Waals surface area contributed by atoms with E-state index in [9.17, 15) is 0 Å². The van der Waals surface area contributed by atoms with Crippen molar-refractivity contribution in [2.75, 3.05) is 0 Å². The molecule has 0 atom stereocenters. The molecular weight excluding hydrogens is 270 g/mol.